The summed E-state index contributed by atoms with van der Waals surface area (Å²) in [6.07, 6.45) is 4.16. The van der Waals surface area contributed by atoms with Gasteiger partial charge in [0.15, 0.2) is 0 Å². The van der Waals surface area contributed by atoms with Crippen LogP contribution in [-0.4, -0.2) is 17.4 Å². The Bertz CT molecular complexity index is 251. The van der Waals surface area contributed by atoms with Crippen LogP contribution in [0.25, 0.3) is 0 Å². The maximum Gasteiger partial charge on any atom is 0.252 e. The van der Waals surface area contributed by atoms with Gasteiger partial charge in [0.05, 0.1) is 5.56 Å². The normalized spacial score (nSPS) is 9.42. The third-order valence-electron chi connectivity index (χ3n) is 1.46. The zero-order chi connectivity index (χ0) is 8.81. The Labute approximate surface area is 73.3 Å². The van der Waals surface area contributed by atoms with E-state index < -0.39 is 0 Å². The van der Waals surface area contributed by atoms with E-state index in [2.05, 4.69) is 10.3 Å². The lowest BCUT2D eigenvalue weighted by atomic mass is 10.3. The molecule has 0 spiro atoms. The molecule has 1 aromatic heterocycles. The number of hydrogen-bond donors (Lipinski definition) is 1. The minimum Gasteiger partial charge on any atom is -0.352 e. The van der Waals surface area contributed by atoms with E-state index >= 15 is 0 Å². The van der Waals surface area contributed by atoms with Gasteiger partial charge in [-0.05, 0) is 18.6 Å². The highest BCUT2D eigenvalue weighted by Gasteiger charge is 2.01. The van der Waals surface area contributed by atoms with Crippen LogP contribution in [0.15, 0.2) is 24.5 Å². The van der Waals surface area contributed by atoms with Crippen molar-refractivity contribution in [1.82, 2.24) is 10.3 Å². The van der Waals surface area contributed by atoms with Crippen LogP contribution in [0.1, 0.15) is 25.1 Å². The van der Waals surface area contributed by atoms with Gasteiger partial charge in [-0.1, -0.05) is 6.92 Å². The molecule has 1 aromatic rings. The fraction of sp³-hybridized carbons (Fsp3) is 0.333. The molecular formula is C9H14N2O. The van der Waals surface area contributed by atoms with Crippen LogP contribution in [0.4, 0.5) is 0 Å². The zero-order valence-corrected chi connectivity index (χ0v) is 7.08. The number of pyridine rings is 1. The first-order chi connectivity index (χ1) is 5.84. The van der Waals surface area contributed by atoms with Gasteiger partial charge in [-0.25, -0.2) is 0 Å². The van der Waals surface area contributed by atoms with Gasteiger partial charge in [0.2, 0.25) is 0 Å². The van der Waals surface area contributed by atoms with E-state index in [4.69, 9.17) is 0 Å². The Hall–Kier alpha value is -1.38. The van der Waals surface area contributed by atoms with E-state index in [0.717, 1.165) is 6.42 Å². The van der Waals surface area contributed by atoms with Crippen LogP contribution in [0.2, 0.25) is 0 Å². The van der Waals surface area contributed by atoms with Gasteiger partial charge in [-0.15, -0.1) is 0 Å². The van der Waals surface area contributed by atoms with Crippen LogP contribution >= 0.6 is 0 Å². The molecule has 0 atom stereocenters. The lowest BCUT2D eigenvalue weighted by Gasteiger charge is -2.01. The number of hydrogen-bond acceptors (Lipinski definition) is 2. The van der Waals surface area contributed by atoms with E-state index in [1.54, 1.807) is 24.5 Å². The zero-order valence-electron chi connectivity index (χ0n) is 7.08. The lowest BCUT2D eigenvalue weighted by molar-refractivity contribution is 0.0953. The van der Waals surface area contributed by atoms with E-state index in [-0.39, 0.29) is 7.33 Å². The van der Waals surface area contributed by atoms with Crippen molar-refractivity contribution < 1.29 is 6.22 Å². The molecule has 1 N–H and O–H groups in total. The van der Waals surface area contributed by atoms with Crippen LogP contribution < -0.4 is 5.32 Å². The molecule has 0 radical (unpaired) electrons. The van der Waals surface area contributed by atoms with Gasteiger partial charge in [0.25, 0.3) is 5.91 Å². The van der Waals surface area contributed by atoms with E-state index in [9.17, 15) is 4.79 Å². The molecule has 0 bridgehead atoms. The molecule has 0 aromatic carbocycles. The Morgan fingerprint density at radius 2 is 2.58 bits per heavy atom. The maximum atomic E-state index is 11.3. The molecule has 0 aliphatic heterocycles. The molecule has 1 rings (SSSR count). The fourth-order valence-electron chi connectivity index (χ4n) is 0.838. The average molecular weight is 166 g/mol. The predicted octanol–water partition coefficient (Wildman–Crippen LogP) is 1.47. The van der Waals surface area contributed by atoms with Crippen molar-refractivity contribution >= 4 is 5.91 Å². The summed E-state index contributed by atoms with van der Waals surface area (Å²) in [5.41, 5.74) is 0.617. The molecule has 0 aliphatic rings. The molecule has 1 heterocycles. The summed E-state index contributed by atoms with van der Waals surface area (Å²) in [5, 5.41) is 2.77. The Morgan fingerprint density at radius 3 is 3.17 bits per heavy atom. The topological polar surface area (TPSA) is 42.0 Å². The van der Waals surface area contributed by atoms with Crippen molar-refractivity contribution in [1.29, 1.82) is 0 Å². The Balaban J connectivity index is 0.00000144. The second-order valence-electron chi connectivity index (χ2n) is 2.50. The molecular weight excluding hydrogens is 152 g/mol. The van der Waals surface area contributed by atoms with Crippen molar-refractivity contribution in [3.8, 4) is 0 Å². The summed E-state index contributed by atoms with van der Waals surface area (Å²) in [5.74, 6) is -0.0510. The SMILES string of the molecule is CCCNC(=O)c1cccnc1.[HH]. The molecule has 3 heteroatoms. The molecule has 1 amide bonds. The van der Waals surface area contributed by atoms with E-state index in [1.165, 1.54) is 0 Å². The van der Waals surface area contributed by atoms with Crippen molar-refractivity contribution in [2.75, 3.05) is 6.54 Å². The molecule has 0 aliphatic carbocycles. The summed E-state index contributed by atoms with van der Waals surface area (Å²) >= 11 is 0. The van der Waals surface area contributed by atoms with Crippen molar-refractivity contribution in [2.24, 2.45) is 0 Å². The second-order valence-corrected chi connectivity index (χ2v) is 2.50. The first-order valence-electron chi connectivity index (χ1n) is 4.03. The standard InChI is InChI=1S/C9H12N2O.H2/c1-2-5-11-9(12)8-4-3-6-10-7-8;/h3-4,6-7H,2,5H2,1H3,(H,11,12);1H. The fourth-order valence-corrected chi connectivity index (χ4v) is 0.838. The molecule has 0 fully saturated rings. The Kier molecular flexibility index (Phi) is 3.26. The van der Waals surface area contributed by atoms with Crippen molar-refractivity contribution in [2.45, 2.75) is 13.3 Å². The lowest BCUT2D eigenvalue weighted by Crippen LogP contribution is -2.23. The average Bonchev–Trinajstić information content (AvgIpc) is 2.15. The second kappa shape index (κ2) is 4.49. The third-order valence-corrected chi connectivity index (χ3v) is 1.46. The smallest absolute Gasteiger partial charge is 0.252 e. The quantitative estimate of drug-likeness (QED) is 0.738. The van der Waals surface area contributed by atoms with Crippen LogP contribution in [0.5, 0.6) is 0 Å². The monoisotopic (exact) mass is 166 g/mol. The summed E-state index contributed by atoms with van der Waals surface area (Å²) < 4.78 is 0. The molecule has 0 saturated heterocycles. The highest BCUT2D eigenvalue weighted by Crippen LogP contribution is 1.94. The first kappa shape index (κ1) is 8.71. The number of nitrogens with zero attached hydrogens (tertiary/aromatic N) is 1. The number of nitrogens with one attached hydrogen (secondary N) is 1. The van der Waals surface area contributed by atoms with Gasteiger partial charge >= 0.3 is 0 Å². The predicted molar refractivity (Wildman–Crippen MR) is 49.0 cm³/mol. The van der Waals surface area contributed by atoms with Gasteiger partial charge in [-0.3, -0.25) is 9.78 Å². The van der Waals surface area contributed by atoms with Crippen LogP contribution in [-0.2, 0) is 0 Å². The number of aromatic nitrogens is 1. The maximum absolute atomic E-state index is 11.3. The number of carbonyl (C=O) groups is 1. The minimum absolute atomic E-state index is 0. The number of rotatable bonds is 3. The van der Waals surface area contributed by atoms with Crippen LogP contribution in [0, 0.1) is 0 Å². The largest absolute Gasteiger partial charge is 0.352 e. The number of carbonyl (C=O) groups excluding carboxylic acids is 1. The molecule has 0 unspecified atom stereocenters. The summed E-state index contributed by atoms with van der Waals surface area (Å²) in [6.45, 7) is 2.73. The highest BCUT2D eigenvalue weighted by atomic mass is 16.1. The van der Waals surface area contributed by atoms with Gasteiger partial charge in [0, 0.05) is 20.4 Å². The molecule has 0 saturated carbocycles. The first-order valence-corrected chi connectivity index (χ1v) is 4.03. The van der Waals surface area contributed by atoms with Gasteiger partial charge < -0.3 is 5.32 Å². The van der Waals surface area contributed by atoms with E-state index in [0.29, 0.717) is 12.1 Å². The summed E-state index contributed by atoms with van der Waals surface area (Å²) in [6, 6.07) is 3.50. The van der Waals surface area contributed by atoms with E-state index in [1.807, 2.05) is 6.92 Å². The minimum atomic E-state index is -0.0510. The summed E-state index contributed by atoms with van der Waals surface area (Å²) in [4.78, 5) is 15.1. The molecule has 12 heavy (non-hydrogen) atoms. The highest BCUT2D eigenvalue weighted by molar-refractivity contribution is 5.93. The third kappa shape index (κ3) is 2.34. The van der Waals surface area contributed by atoms with Gasteiger partial charge in [-0.2, -0.15) is 0 Å². The van der Waals surface area contributed by atoms with Gasteiger partial charge in [0.1, 0.15) is 0 Å². The summed E-state index contributed by atoms with van der Waals surface area (Å²) in [7, 11) is 0. The van der Waals surface area contributed by atoms with Crippen LogP contribution in [0.3, 0.4) is 0 Å². The van der Waals surface area contributed by atoms with Crippen molar-refractivity contribution in [3.63, 3.8) is 0 Å². The molecule has 66 valence electrons. The Morgan fingerprint density at radius 1 is 1.75 bits per heavy atom. The molecule has 3 nitrogen and oxygen atoms in total. The van der Waals surface area contributed by atoms with Crippen molar-refractivity contribution in [3.05, 3.63) is 30.1 Å². The number of amides is 1.